The molecular formula is C20H17NO3. The zero-order chi connectivity index (χ0) is 16.9. The number of carbonyl (C=O) groups excluding carboxylic acids is 2. The molecule has 0 aliphatic carbocycles. The minimum atomic E-state index is -0.394. The average molecular weight is 319 g/mol. The first kappa shape index (κ1) is 15.7. The van der Waals surface area contributed by atoms with Crippen molar-refractivity contribution in [1.82, 2.24) is 0 Å². The van der Waals surface area contributed by atoms with Crippen molar-refractivity contribution < 1.29 is 14.3 Å². The van der Waals surface area contributed by atoms with E-state index in [1.807, 2.05) is 42.5 Å². The normalized spacial score (nSPS) is 10.4. The van der Waals surface area contributed by atoms with Gasteiger partial charge >= 0.3 is 5.97 Å². The largest absolute Gasteiger partial charge is 0.427 e. The second-order valence-electron chi connectivity index (χ2n) is 5.48. The third-order valence-corrected chi connectivity index (χ3v) is 3.61. The van der Waals surface area contributed by atoms with Gasteiger partial charge in [-0.05, 0) is 28.5 Å². The molecular weight excluding hydrogens is 302 g/mol. The fourth-order valence-electron chi connectivity index (χ4n) is 2.63. The molecule has 4 heteroatoms. The van der Waals surface area contributed by atoms with E-state index in [0.29, 0.717) is 11.4 Å². The summed E-state index contributed by atoms with van der Waals surface area (Å²) in [5.41, 5.74) is 1.57. The first-order chi connectivity index (χ1) is 11.6. The van der Waals surface area contributed by atoms with Crippen LogP contribution < -0.4 is 10.1 Å². The predicted molar refractivity (Wildman–Crippen MR) is 94.0 cm³/mol. The summed E-state index contributed by atoms with van der Waals surface area (Å²) in [4.78, 5) is 23.3. The van der Waals surface area contributed by atoms with Crippen LogP contribution in [-0.2, 0) is 16.0 Å². The fraction of sp³-hybridized carbons (Fsp3) is 0.100. The van der Waals surface area contributed by atoms with Gasteiger partial charge in [-0.15, -0.1) is 0 Å². The topological polar surface area (TPSA) is 55.4 Å². The lowest BCUT2D eigenvalue weighted by Gasteiger charge is -2.09. The third-order valence-electron chi connectivity index (χ3n) is 3.61. The van der Waals surface area contributed by atoms with Gasteiger partial charge in [0.2, 0.25) is 5.91 Å². The maximum Gasteiger partial charge on any atom is 0.308 e. The van der Waals surface area contributed by atoms with Crippen LogP contribution >= 0.6 is 0 Å². The molecule has 3 aromatic carbocycles. The number of fused-ring (bicyclic) bond motifs is 1. The molecule has 4 nitrogen and oxygen atoms in total. The summed E-state index contributed by atoms with van der Waals surface area (Å²) >= 11 is 0. The highest BCUT2D eigenvalue weighted by Gasteiger charge is 2.08. The number of nitrogens with one attached hydrogen (secondary N) is 1. The van der Waals surface area contributed by atoms with Crippen LogP contribution in [0.2, 0.25) is 0 Å². The van der Waals surface area contributed by atoms with Crippen LogP contribution in [0.25, 0.3) is 10.8 Å². The highest BCUT2D eigenvalue weighted by Crippen LogP contribution is 2.21. The maximum atomic E-state index is 12.3. The molecule has 3 aromatic rings. The van der Waals surface area contributed by atoms with Crippen LogP contribution in [0.5, 0.6) is 5.75 Å². The number of hydrogen-bond acceptors (Lipinski definition) is 3. The molecule has 24 heavy (non-hydrogen) atoms. The zero-order valence-electron chi connectivity index (χ0n) is 13.3. The van der Waals surface area contributed by atoms with Crippen LogP contribution in [0.3, 0.4) is 0 Å². The molecule has 0 heterocycles. The second-order valence-corrected chi connectivity index (χ2v) is 5.48. The first-order valence-corrected chi connectivity index (χ1v) is 7.67. The van der Waals surface area contributed by atoms with E-state index in [-0.39, 0.29) is 12.3 Å². The molecule has 0 radical (unpaired) electrons. The number of hydrogen-bond donors (Lipinski definition) is 1. The highest BCUT2D eigenvalue weighted by atomic mass is 16.5. The van der Waals surface area contributed by atoms with Gasteiger partial charge in [0, 0.05) is 18.7 Å². The Labute approximate surface area is 140 Å². The number of rotatable bonds is 4. The smallest absolute Gasteiger partial charge is 0.308 e. The van der Waals surface area contributed by atoms with Crippen molar-refractivity contribution in [3.05, 3.63) is 72.3 Å². The van der Waals surface area contributed by atoms with Crippen molar-refractivity contribution in [2.75, 3.05) is 5.32 Å². The molecule has 3 rings (SSSR count). The maximum absolute atomic E-state index is 12.3. The van der Waals surface area contributed by atoms with Crippen LogP contribution in [-0.4, -0.2) is 11.9 Å². The standard InChI is InChI=1S/C20H17NO3/c1-14(22)24-18-10-5-9-17(13-18)21-20(23)12-16-8-4-7-15-6-2-3-11-19(15)16/h2-11,13H,12H2,1H3,(H,21,23). The minimum Gasteiger partial charge on any atom is -0.427 e. The summed E-state index contributed by atoms with van der Waals surface area (Å²) in [7, 11) is 0. The third kappa shape index (κ3) is 3.79. The Morgan fingerprint density at radius 1 is 0.958 bits per heavy atom. The van der Waals surface area contributed by atoms with Gasteiger partial charge in [-0.3, -0.25) is 9.59 Å². The SMILES string of the molecule is CC(=O)Oc1cccc(NC(=O)Cc2cccc3ccccc23)c1. The Morgan fingerprint density at radius 2 is 1.71 bits per heavy atom. The van der Waals surface area contributed by atoms with E-state index in [2.05, 4.69) is 5.32 Å². The predicted octanol–water partition coefficient (Wildman–Crippen LogP) is 3.95. The molecule has 0 fully saturated rings. The number of carbonyl (C=O) groups is 2. The van der Waals surface area contributed by atoms with E-state index in [1.54, 1.807) is 24.3 Å². The summed E-state index contributed by atoms with van der Waals surface area (Å²) in [6.07, 6.45) is 0.277. The van der Waals surface area contributed by atoms with E-state index in [9.17, 15) is 9.59 Å². The molecule has 0 unspecified atom stereocenters. The molecule has 1 N–H and O–H groups in total. The van der Waals surface area contributed by atoms with Gasteiger partial charge in [0.1, 0.15) is 5.75 Å². The van der Waals surface area contributed by atoms with E-state index in [0.717, 1.165) is 16.3 Å². The molecule has 0 spiro atoms. The Morgan fingerprint density at radius 3 is 2.54 bits per heavy atom. The molecule has 1 amide bonds. The molecule has 0 aliphatic rings. The summed E-state index contributed by atoms with van der Waals surface area (Å²) in [6, 6.07) is 20.7. The fourth-order valence-corrected chi connectivity index (χ4v) is 2.63. The zero-order valence-corrected chi connectivity index (χ0v) is 13.3. The monoisotopic (exact) mass is 319 g/mol. The number of amides is 1. The Hall–Kier alpha value is -3.14. The van der Waals surface area contributed by atoms with Gasteiger partial charge in [-0.2, -0.15) is 0 Å². The number of benzene rings is 3. The summed E-state index contributed by atoms with van der Waals surface area (Å²) < 4.78 is 5.02. The van der Waals surface area contributed by atoms with Crippen LogP contribution in [0, 0.1) is 0 Å². The van der Waals surface area contributed by atoms with Gasteiger partial charge in [-0.1, -0.05) is 48.5 Å². The van der Waals surface area contributed by atoms with Crippen molar-refractivity contribution in [3.63, 3.8) is 0 Å². The summed E-state index contributed by atoms with van der Waals surface area (Å²) in [6.45, 7) is 1.34. The average Bonchev–Trinajstić information content (AvgIpc) is 2.55. The summed E-state index contributed by atoms with van der Waals surface area (Å²) in [5.74, 6) is -0.106. The van der Waals surface area contributed by atoms with Crippen LogP contribution in [0.1, 0.15) is 12.5 Å². The summed E-state index contributed by atoms with van der Waals surface area (Å²) in [5, 5.41) is 5.02. The minimum absolute atomic E-state index is 0.119. The molecule has 0 aliphatic heterocycles. The van der Waals surface area contributed by atoms with Crippen LogP contribution in [0.4, 0.5) is 5.69 Å². The number of esters is 1. The first-order valence-electron chi connectivity index (χ1n) is 7.67. The van der Waals surface area contributed by atoms with E-state index in [1.165, 1.54) is 6.92 Å². The lowest BCUT2D eigenvalue weighted by atomic mass is 10.0. The van der Waals surface area contributed by atoms with E-state index in [4.69, 9.17) is 4.74 Å². The Balaban J connectivity index is 1.75. The number of anilines is 1. The van der Waals surface area contributed by atoms with Crippen molar-refractivity contribution in [2.45, 2.75) is 13.3 Å². The van der Waals surface area contributed by atoms with Crippen molar-refractivity contribution in [1.29, 1.82) is 0 Å². The van der Waals surface area contributed by atoms with E-state index < -0.39 is 5.97 Å². The van der Waals surface area contributed by atoms with Crippen LogP contribution in [0.15, 0.2) is 66.7 Å². The molecule has 0 bridgehead atoms. The van der Waals surface area contributed by atoms with E-state index >= 15 is 0 Å². The second kappa shape index (κ2) is 6.96. The quantitative estimate of drug-likeness (QED) is 0.585. The Kier molecular flexibility index (Phi) is 4.57. The molecule has 0 saturated carbocycles. The van der Waals surface area contributed by atoms with Gasteiger partial charge in [0.25, 0.3) is 0 Å². The molecule has 0 atom stereocenters. The van der Waals surface area contributed by atoms with Gasteiger partial charge in [-0.25, -0.2) is 0 Å². The van der Waals surface area contributed by atoms with Crippen molar-refractivity contribution in [3.8, 4) is 5.75 Å². The van der Waals surface area contributed by atoms with Crippen molar-refractivity contribution in [2.24, 2.45) is 0 Å². The van der Waals surface area contributed by atoms with Gasteiger partial charge in [0.15, 0.2) is 0 Å². The molecule has 0 saturated heterocycles. The van der Waals surface area contributed by atoms with Gasteiger partial charge in [0.05, 0.1) is 6.42 Å². The molecule has 120 valence electrons. The Bertz CT molecular complexity index is 897. The lowest BCUT2D eigenvalue weighted by molar-refractivity contribution is -0.131. The van der Waals surface area contributed by atoms with Gasteiger partial charge < -0.3 is 10.1 Å². The molecule has 0 aromatic heterocycles. The lowest BCUT2D eigenvalue weighted by Crippen LogP contribution is -2.14. The van der Waals surface area contributed by atoms with Crippen molar-refractivity contribution >= 4 is 28.3 Å². The highest BCUT2D eigenvalue weighted by molar-refractivity contribution is 5.96. The number of ether oxygens (including phenoxy) is 1.